The molecule has 0 aliphatic heterocycles. The van der Waals surface area contributed by atoms with Crippen molar-refractivity contribution in [2.75, 3.05) is 0 Å². The topological polar surface area (TPSA) is 40.5 Å². The molecule has 2 aliphatic rings. The van der Waals surface area contributed by atoms with Crippen molar-refractivity contribution >= 4 is 0 Å². The molecule has 0 bridgehead atoms. The van der Waals surface area contributed by atoms with Crippen LogP contribution < -0.4 is 0 Å². The van der Waals surface area contributed by atoms with E-state index in [1.54, 1.807) is 0 Å². The Hall–Kier alpha value is -1.18. The minimum Gasteiger partial charge on any atom is -0.508 e. The van der Waals surface area contributed by atoms with Crippen LogP contribution in [0.25, 0.3) is 0 Å². The zero-order valence-corrected chi connectivity index (χ0v) is 19.1. The van der Waals surface area contributed by atoms with Crippen LogP contribution in [-0.2, 0) is 12.8 Å². The predicted octanol–water partition coefficient (Wildman–Crippen LogP) is 8.07. The molecule has 0 saturated heterocycles. The van der Waals surface area contributed by atoms with E-state index in [1.807, 2.05) is 6.07 Å². The number of benzene rings is 1. The molecule has 2 N–H and O–H groups in total. The second-order valence-corrected chi connectivity index (χ2v) is 10.6. The molecule has 0 amide bonds. The zero-order chi connectivity index (χ0) is 20.7. The van der Waals surface area contributed by atoms with Crippen molar-refractivity contribution < 1.29 is 10.2 Å². The number of aryl methyl sites for hydroxylation is 1. The molecule has 164 valence electrons. The summed E-state index contributed by atoms with van der Waals surface area (Å²) in [6.45, 7) is 4.76. The second kappa shape index (κ2) is 10.2. The summed E-state index contributed by atoms with van der Waals surface area (Å²) in [5, 5.41) is 20.3. The Morgan fingerprint density at radius 1 is 0.759 bits per heavy atom. The van der Waals surface area contributed by atoms with Gasteiger partial charge in [-0.1, -0.05) is 58.8 Å². The van der Waals surface area contributed by atoms with Gasteiger partial charge in [0.25, 0.3) is 0 Å². The fourth-order valence-corrected chi connectivity index (χ4v) is 5.01. The van der Waals surface area contributed by atoms with Gasteiger partial charge < -0.3 is 10.2 Å². The summed E-state index contributed by atoms with van der Waals surface area (Å²) >= 11 is 0. The maximum Gasteiger partial charge on any atom is 0.122 e. The molecule has 3 rings (SSSR count). The fraction of sp³-hybridized carbons (Fsp3) is 0.778. The highest BCUT2D eigenvalue weighted by atomic mass is 16.3. The molecule has 0 unspecified atom stereocenters. The van der Waals surface area contributed by atoms with E-state index in [0.717, 1.165) is 36.7 Å². The largest absolute Gasteiger partial charge is 0.508 e. The third kappa shape index (κ3) is 7.23. The Labute approximate surface area is 179 Å². The van der Waals surface area contributed by atoms with Crippen LogP contribution in [0.2, 0.25) is 0 Å². The molecule has 1 aromatic carbocycles. The van der Waals surface area contributed by atoms with Gasteiger partial charge in [-0.25, -0.2) is 0 Å². The van der Waals surface area contributed by atoms with Crippen LogP contribution in [0.4, 0.5) is 0 Å². The van der Waals surface area contributed by atoms with E-state index in [4.69, 9.17) is 0 Å². The Morgan fingerprint density at radius 3 is 2.00 bits per heavy atom. The lowest BCUT2D eigenvalue weighted by Gasteiger charge is -2.14. The van der Waals surface area contributed by atoms with Gasteiger partial charge in [0.15, 0.2) is 0 Å². The van der Waals surface area contributed by atoms with Crippen LogP contribution in [0, 0.1) is 10.8 Å². The summed E-state index contributed by atoms with van der Waals surface area (Å²) in [4.78, 5) is 0. The molecule has 0 aromatic heterocycles. The Bertz CT molecular complexity index is 640. The highest BCUT2D eigenvalue weighted by molar-refractivity contribution is 5.45. The number of phenolic OH excluding ortho intramolecular Hbond substituents is 2. The first-order valence-electron chi connectivity index (χ1n) is 12.5. The van der Waals surface area contributed by atoms with E-state index in [9.17, 15) is 10.2 Å². The summed E-state index contributed by atoms with van der Waals surface area (Å²) in [6, 6.07) is 3.41. The number of aromatic hydroxyl groups is 2. The van der Waals surface area contributed by atoms with Crippen molar-refractivity contribution in [2.24, 2.45) is 10.8 Å². The molecule has 0 spiro atoms. The van der Waals surface area contributed by atoms with Gasteiger partial charge in [-0.15, -0.1) is 0 Å². The van der Waals surface area contributed by atoms with Crippen LogP contribution in [0.3, 0.4) is 0 Å². The highest BCUT2D eigenvalue weighted by Gasteiger charge is 2.39. The molecule has 0 atom stereocenters. The molecule has 29 heavy (non-hydrogen) atoms. The first-order chi connectivity index (χ1) is 14.0. The molecule has 2 aliphatic carbocycles. The van der Waals surface area contributed by atoms with Gasteiger partial charge >= 0.3 is 0 Å². The third-order valence-corrected chi connectivity index (χ3v) is 7.97. The van der Waals surface area contributed by atoms with E-state index < -0.39 is 0 Å². The number of hydrogen-bond acceptors (Lipinski definition) is 2. The van der Waals surface area contributed by atoms with Gasteiger partial charge in [0.1, 0.15) is 11.5 Å². The quantitative estimate of drug-likeness (QED) is 0.292. The van der Waals surface area contributed by atoms with E-state index in [0.29, 0.717) is 11.2 Å². The fourth-order valence-electron chi connectivity index (χ4n) is 5.01. The standard InChI is InChI=1S/C27H44O2/c1-3-27(18-19-27)15-11-7-4-8-12-22-20-23(28)21-25(29)24(22)13-9-5-6-10-14-26(2)16-17-26/h20-21,28-29H,3-19H2,1-2H3. The molecule has 2 fully saturated rings. The molecule has 2 saturated carbocycles. The maximum absolute atomic E-state index is 10.4. The first kappa shape index (κ1) is 22.5. The summed E-state index contributed by atoms with van der Waals surface area (Å²) in [7, 11) is 0. The zero-order valence-electron chi connectivity index (χ0n) is 19.1. The average Bonchev–Trinajstić information content (AvgIpc) is 3.61. The number of unbranched alkanes of at least 4 members (excludes halogenated alkanes) is 6. The molecule has 2 heteroatoms. The summed E-state index contributed by atoms with van der Waals surface area (Å²) in [5.41, 5.74) is 3.65. The Kier molecular flexibility index (Phi) is 7.93. The first-order valence-corrected chi connectivity index (χ1v) is 12.5. The second-order valence-electron chi connectivity index (χ2n) is 10.6. The van der Waals surface area contributed by atoms with Crippen molar-refractivity contribution in [1.29, 1.82) is 0 Å². The van der Waals surface area contributed by atoms with Crippen LogP contribution >= 0.6 is 0 Å². The lowest BCUT2D eigenvalue weighted by Crippen LogP contribution is -1.99. The number of phenols is 2. The van der Waals surface area contributed by atoms with Crippen LogP contribution in [0.1, 0.15) is 121 Å². The third-order valence-electron chi connectivity index (χ3n) is 7.97. The van der Waals surface area contributed by atoms with Crippen LogP contribution in [0.15, 0.2) is 12.1 Å². The van der Waals surface area contributed by atoms with Crippen molar-refractivity contribution in [3.8, 4) is 11.5 Å². The SMILES string of the molecule is CCC1(CCCCCCc2cc(O)cc(O)c2CCCCCCC2(C)CC2)CC1. The van der Waals surface area contributed by atoms with Crippen molar-refractivity contribution in [1.82, 2.24) is 0 Å². The van der Waals surface area contributed by atoms with E-state index >= 15 is 0 Å². The average molecular weight is 401 g/mol. The van der Waals surface area contributed by atoms with Gasteiger partial charge in [-0.3, -0.25) is 0 Å². The molecule has 2 nitrogen and oxygen atoms in total. The van der Waals surface area contributed by atoms with Gasteiger partial charge in [0.2, 0.25) is 0 Å². The van der Waals surface area contributed by atoms with Gasteiger partial charge in [-0.2, -0.15) is 0 Å². The lowest BCUT2D eigenvalue weighted by atomic mass is 9.93. The monoisotopic (exact) mass is 400 g/mol. The van der Waals surface area contributed by atoms with Gasteiger partial charge in [0.05, 0.1) is 0 Å². The van der Waals surface area contributed by atoms with E-state index in [1.165, 1.54) is 95.1 Å². The lowest BCUT2D eigenvalue weighted by molar-refractivity contribution is 0.419. The highest BCUT2D eigenvalue weighted by Crippen LogP contribution is 2.52. The summed E-state index contributed by atoms with van der Waals surface area (Å²) < 4.78 is 0. The van der Waals surface area contributed by atoms with Crippen LogP contribution in [0.5, 0.6) is 11.5 Å². The maximum atomic E-state index is 10.4. The number of hydrogen-bond donors (Lipinski definition) is 2. The summed E-state index contributed by atoms with van der Waals surface area (Å²) in [5.74, 6) is 0.502. The van der Waals surface area contributed by atoms with Crippen LogP contribution in [-0.4, -0.2) is 10.2 Å². The summed E-state index contributed by atoms with van der Waals surface area (Å²) in [6.07, 6.45) is 22.0. The Morgan fingerprint density at radius 2 is 1.38 bits per heavy atom. The minimum atomic E-state index is 0.206. The Balaban J connectivity index is 1.35. The molecule has 0 radical (unpaired) electrons. The molecular formula is C27H44O2. The van der Waals surface area contributed by atoms with Crippen molar-refractivity contribution in [2.45, 2.75) is 123 Å². The van der Waals surface area contributed by atoms with E-state index in [2.05, 4.69) is 13.8 Å². The number of rotatable bonds is 15. The molecule has 1 aromatic rings. The van der Waals surface area contributed by atoms with Crippen molar-refractivity contribution in [3.05, 3.63) is 23.3 Å². The predicted molar refractivity (Wildman–Crippen MR) is 123 cm³/mol. The molecular weight excluding hydrogens is 356 g/mol. The molecule has 0 heterocycles. The normalized spacial score (nSPS) is 18.7. The van der Waals surface area contributed by atoms with Gasteiger partial charge in [0, 0.05) is 6.07 Å². The minimum absolute atomic E-state index is 0.206. The smallest absolute Gasteiger partial charge is 0.122 e. The van der Waals surface area contributed by atoms with Crippen molar-refractivity contribution in [3.63, 3.8) is 0 Å². The van der Waals surface area contributed by atoms with Gasteiger partial charge in [-0.05, 0) is 92.2 Å². The van der Waals surface area contributed by atoms with E-state index in [-0.39, 0.29) is 5.75 Å².